The Kier molecular flexibility index (Phi) is 5.54. The maximum atomic E-state index is 13.0. The molecule has 28 heavy (non-hydrogen) atoms. The molecule has 1 fully saturated rings. The number of hydrogen-bond donors (Lipinski definition) is 0. The van der Waals surface area contributed by atoms with Gasteiger partial charge in [-0.2, -0.15) is 4.37 Å². The number of hydrogen-bond acceptors (Lipinski definition) is 5. The van der Waals surface area contributed by atoms with Crippen LogP contribution in [0.3, 0.4) is 0 Å². The molecule has 0 spiro atoms. The van der Waals surface area contributed by atoms with E-state index in [0.29, 0.717) is 43.2 Å². The third-order valence-corrected chi connectivity index (χ3v) is 5.82. The monoisotopic (exact) mass is 416 g/mol. The van der Waals surface area contributed by atoms with Crippen LogP contribution in [0, 0.1) is 5.82 Å². The Morgan fingerprint density at radius 1 is 1.07 bits per heavy atom. The fourth-order valence-electron chi connectivity index (χ4n) is 3.14. The number of piperazine rings is 1. The minimum Gasteiger partial charge on any atom is -0.343 e. The van der Waals surface area contributed by atoms with E-state index in [0.717, 1.165) is 16.5 Å². The fraction of sp³-hybridized carbons (Fsp3) is 0.250. The second kappa shape index (κ2) is 8.24. The normalized spacial score (nSPS) is 14.4. The van der Waals surface area contributed by atoms with Crippen LogP contribution in [0.1, 0.15) is 21.7 Å². The Morgan fingerprint density at radius 3 is 2.50 bits per heavy atom. The summed E-state index contributed by atoms with van der Waals surface area (Å²) in [5, 5.41) is 1.33. The zero-order valence-electron chi connectivity index (χ0n) is 15.0. The number of anilines is 1. The number of aromatic nitrogens is 2. The molecule has 0 unspecified atom stereocenters. The highest BCUT2D eigenvalue weighted by atomic mass is 35.5. The zero-order chi connectivity index (χ0) is 19.5. The van der Waals surface area contributed by atoms with Gasteiger partial charge in [0.25, 0.3) is 5.91 Å². The molecule has 144 valence electrons. The van der Waals surface area contributed by atoms with Crippen LogP contribution in [-0.2, 0) is 6.42 Å². The fourth-order valence-corrected chi connectivity index (χ4v) is 4.09. The van der Waals surface area contributed by atoms with E-state index in [9.17, 15) is 9.18 Å². The first-order chi connectivity index (χ1) is 13.6. The standard InChI is InChI=1S/C20H18ClFN4OS/c21-17-4-2-1-3-16(17)19(27)25-9-11-26(12-10-25)20-23-18(24-28-20)13-14-5-7-15(22)8-6-14/h1-8H,9-13H2. The lowest BCUT2D eigenvalue weighted by Gasteiger charge is -2.34. The van der Waals surface area contributed by atoms with Crippen LogP contribution in [0.15, 0.2) is 48.5 Å². The third kappa shape index (κ3) is 4.15. The molecule has 1 aliphatic heterocycles. The first-order valence-corrected chi connectivity index (χ1v) is 10.1. The van der Waals surface area contributed by atoms with Crippen molar-refractivity contribution in [3.63, 3.8) is 0 Å². The molecule has 1 amide bonds. The van der Waals surface area contributed by atoms with Gasteiger partial charge in [-0.25, -0.2) is 9.37 Å². The van der Waals surface area contributed by atoms with Crippen molar-refractivity contribution in [2.75, 3.05) is 31.1 Å². The van der Waals surface area contributed by atoms with Gasteiger partial charge in [0.2, 0.25) is 5.13 Å². The molecule has 0 N–H and O–H groups in total. The molecule has 8 heteroatoms. The first kappa shape index (κ1) is 18.8. The second-order valence-corrected chi connectivity index (χ2v) is 7.69. The Morgan fingerprint density at radius 2 is 1.79 bits per heavy atom. The van der Waals surface area contributed by atoms with Gasteiger partial charge >= 0.3 is 0 Å². The lowest BCUT2D eigenvalue weighted by Crippen LogP contribution is -2.48. The minimum atomic E-state index is -0.250. The molecule has 2 heterocycles. The van der Waals surface area contributed by atoms with Crippen molar-refractivity contribution in [1.82, 2.24) is 14.3 Å². The Balaban J connectivity index is 1.36. The molecule has 1 saturated heterocycles. The van der Waals surface area contributed by atoms with Gasteiger partial charge in [-0.1, -0.05) is 35.9 Å². The number of benzene rings is 2. The van der Waals surface area contributed by atoms with Crippen molar-refractivity contribution >= 4 is 34.2 Å². The van der Waals surface area contributed by atoms with Crippen molar-refractivity contribution < 1.29 is 9.18 Å². The summed E-state index contributed by atoms with van der Waals surface area (Å²) in [5.74, 6) is 0.431. The van der Waals surface area contributed by atoms with Crippen LogP contribution in [0.4, 0.5) is 9.52 Å². The van der Waals surface area contributed by atoms with E-state index < -0.39 is 0 Å². The summed E-state index contributed by atoms with van der Waals surface area (Å²) >= 11 is 7.50. The number of amides is 1. The smallest absolute Gasteiger partial charge is 0.255 e. The lowest BCUT2D eigenvalue weighted by molar-refractivity contribution is 0.0747. The van der Waals surface area contributed by atoms with Crippen LogP contribution < -0.4 is 4.90 Å². The van der Waals surface area contributed by atoms with Gasteiger partial charge in [0.1, 0.15) is 11.6 Å². The highest BCUT2D eigenvalue weighted by molar-refractivity contribution is 7.09. The number of nitrogens with zero attached hydrogens (tertiary/aromatic N) is 4. The molecule has 2 aromatic carbocycles. The van der Waals surface area contributed by atoms with E-state index in [1.54, 1.807) is 24.3 Å². The molecule has 3 aromatic rings. The van der Waals surface area contributed by atoms with Crippen molar-refractivity contribution in [3.8, 4) is 0 Å². The van der Waals surface area contributed by atoms with E-state index in [4.69, 9.17) is 11.6 Å². The van der Waals surface area contributed by atoms with Gasteiger partial charge in [0.15, 0.2) is 0 Å². The van der Waals surface area contributed by atoms with Gasteiger partial charge in [0.05, 0.1) is 10.6 Å². The van der Waals surface area contributed by atoms with Gasteiger partial charge in [0, 0.05) is 44.1 Å². The topological polar surface area (TPSA) is 49.3 Å². The molecular formula is C20H18ClFN4OS. The molecule has 0 aliphatic carbocycles. The molecular weight excluding hydrogens is 399 g/mol. The summed E-state index contributed by atoms with van der Waals surface area (Å²) in [5.41, 5.74) is 1.51. The summed E-state index contributed by atoms with van der Waals surface area (Å²) in [4.78, 5) is 21.2. The van der Waals surface area contributed by atoms with Crippen LogP contribution >= 0.6 is 23.1 Å². The minimum absolute atomic E-state index is 0.0421. The maximum absolute atomic E-state index is 13.0. The second-order valence-electron chi connectivity index (χ2n) is 6.56. The molecule has 0 saturated carbocycles. The van der Waals surface area contributed by atoms with E-state index in [1.807, 2.05) is 17.0 Å². The van der Waals surface area contributed by atoms with Crippen molar-refractivity contribution in [2.45, 2.75) is 6.42 Å². The maximum Gasteiger partial charge on any atom is 0.255 e. The van der Waals surface area contributed by atoms with Gasteiger partial charge in [-0.3, -0.25) is 4.79 Å². The Labute approximate surface area is 171 Å². The van der Waals surface area contributed by atoms with Gasteiger partial charge in [-0.15, -0.1) is 0 Å². The van der Waals surface area contributed by atoms with Crippen LogP contribution in [0.25, 0.3) is 0 Å². The van der Waals surface area contributed by atoms with E-state index >= 15 is 0 Å². The summed E-state index contributed by atoms with van der Waals surface area (Å²) in [6.45, 7) is 2.61. The Bertz CT molecular complexity index is 970. The molecule has 0 radical (unpaired) electrons. The number of rotatable bonds is 4. The molecule has 1 aliphatic rings. The van der Waals surface area contributed by atoms with Gasteiger partial charge in [-0.05, 0) is 29.8 Å². The largest absolute Gasteiger partial charge is 0.343 e. The van der Waals surface area contributed by atoms with Crippen LogP contribution in [0.2, 0.25) is 5.02 Å². The quantitative estimate of drug-likeness (QED) is 0.647. The number of carbonyl (C=O) groups excluding carboxylic acids is 1. The molecule has 1 aromatic heterocycles. The summed E-state index contributed by atoms with van der Waals surface area (Å²) in [6.07, 6.45) is 0.571. The van der Waals surface area contributed by atoms with Crippen LogP contribution in [-0.4, -0.2) is 46.3 Å². The predicted molar refractivity (Wildman–Crippen MR) is 109 cm³/mol. The third-order valence-electron chi connectivity index (χ3n) is 4.67. The molecule has 0 atom stereocenters. The molecule has 4 rings (SSSR count). The van der Waals surface area contributed by atoms with Gasteiger partial charge < -0.3 is 9.80 Å². The SMILES string of the molecule is O=C(c1ccccc1Cl)N1CCN(c2nc(Cc3ccc(F)cc3)ns2)CC1. The van der Waals surface area contributed by atoms with E-state index in [-0.39, 0.29) is 11.7 Å². The lowest BCUT2D eigenvalue weighted by atomic mass is 10.1. The summed E-state index contributed by atoms with van der Waals surface area (Å²) in [7, 11) is 0. The van der Waals surface area contributed by atoms with Crippen molar-refractivity contribution in [2.24, 2.45) is 0 Å². The average molecular weight is 417 g/mol. The summed E-state index contributed by atoms with van der Waals surface area (Å²) < 4.78 is 17.4. The highest BCUT2D eigenvalue weighted by Gasteiger charge is 2.25. The Hall–Kier alpha value is -2.51. The number of carbonyl (C=O) groups is 1. The first-order valence-electron chi connectivity index (χ1n) is 8.96. The van der Waals surface area contributed by atoms with Crippen molar-refractivity contribution in [1.29, 1.82) is 0 Å². The molecule has 5 nitrogen and oxygen atoms in total. The highest BCUT2D eigenvalue weighted by Crippen LogP contribution is 2.22. The van der Waals surface area contributed by atoms with E-state index in [1.165, 1.54) is 23.7 Å². The summed E-state index contributed by atoms with van der Waals surface area (Å²) in [6, 6.07) is 13.5. The van der Waals surface area contributed by atoms with Crippen molar-refractivity contribution in [3.05, 3.63) is 76.3 Å². The van der Waals surface area contributed by atoms with Crippen LogP contribution in [0.5, 0.6) is 0 Å². The molecule has 0 bridgehead atoms. The predicted octanol–water partition coefficient (Wildman–Crippen LogP) is 3.88. The average Bonchev–Trinajstić information content (AvgIpc) is 3.18. The van der Waals surface area contributed by atoms with E-state index in [2.05, 4.69) is 14.3 Å². The zero-order valence-corrected chi connectivity index (χ0v) is 16.6. The number of halogens is 2.